The van der Waals surface area contributed by atoms with Gasteiger partial charge < -0.3 is 4.84 Å². The molecule has 0 bridgehead atoms. The lowest BCUT2D eigenvalue weighted by molar-refractivity contribution is -0.0340. The number of halogens is 1. The van der Waals surface area contributed by atoms with Crippen LogP contribution in [-0.2, 0) is 4.84 Å². The third-order valence-corrected chi connectivity index (χ3v) is 4.98. The van der Waals surface area contributed by atoms with E-state index in [0.29, 0.717) is 0 Å². The molecule has 1 saturated heterocycles. The summed E-state index contributed by atoms with van der Waals surface area (Å²) < 4.78 is 0. The van der Waals surface area contributed by atoms with Crippen LogP contribution in [0.3, 0.4) is 0 Å². The second-order valence-electron chi connectivity index (χ2n) is 6.08. The quantitative estimate of drug-likeness (QED) is 0.841. The molecule has 2 heterocycles. The van der Waals surface area contributed by atoms with Crippen molar-refractivity contribution in [3.8, 4) is 0 Å². The molecule has 0 aliphatic carbocycles. The van der Waals surface area contributed by atoms with Gasteiger partial charge in [0, 0.05) is 23.7 Å². The Labute approximate surface area is 141 Å². The Kier molecular flexibility index (Phi) is 4.06. The summed E-state index contributed by atoms with van der Waals surface area (Å²) in [4.78, 5) is 8.28. The highest BCUT2D eigenvalue weighted by Gasteiger charge is 2.41. The highest BCUT2D eigenvalue weighted by atomic mass is 35.5. The molecule has 2 aromatic carbocycles. The molecular formula is C19H19ClN2O. The van der Waals surface area contributed by atoms with Gasteiger partial charge in [0.05, 0.1) is 5.92 Å². The van der Waals surface area contributed by atoms with E-state index in [1.165, 1.54) is 18.4 Å². The zero-order chi connectivity index (χ0) is 15.6. The second-order valence-corrected chi connectivity index (χ2v) is 6.49. The van der Waals surface area contributed by atoms with Crippen molar-refractivity contribution in [1.29, 1.82) is 0 Å². The summed E-state index contributed by atoms with van der Waals surface area (Å²) in [5.41, 5.74) is 3.11. The topological polar surface area (TPSA) is 24.8 Å². The highest BCUT2D eigenvalue weighted by Crippen LogP contribution is 2.37. The zero-order valence-electron chi connectivity index (χ0n) is 12.9. The summed E-state index contributed by atoms with van der Waals surface area (Å²) in [6.45, 7) is 2.14. The molecule has 0 radical (unpaired) electrons. The van der Waals surface area contributed by atoms with Gasteiger partial charge in [-0.3, -0.25) is 4.90 Å². The minimum atomic E-state index is -0.0360. The van der Waals surface area contributed by atoms with Gasteiger partial charge in [-0.05, 0) is 24.5 Å². The van der Waals surface area contributed by atoms with Gasteiger partial charge in [0.25, 0.3) is 0 Å². The maximum absolute atomic E-state index is 6.41. The first-order valence-electron chi connectivity index (χ1n) is 8.12. The largest absolute Gasteiger partial charge is 0.375 e. The van der Waals surface area contributed by atoms with Crippen LogP contribution in [0.4, 0.5) is 0 Å². The molecule has 23 heavy (non-hydrogen) atoms. The Balaban J connectivity index is 1.75. The Morgan fingerprint density at radius 3 is 2.39 bits per heavy atom. The van der Waals surface area contributed by atoms with Crippen LogP contribution in [0.1, 0.15) is 29.9 Å². The number of nitrogens with zero attached hydrogens (tertiary/aromatic N) is 2. The molecule has 3 nitrogen and oxygen atoms in total. The van der Waals surface area contributed by atoms with Crippen LogP contribution in [0.15, 0.2) is 59.8 Å². The summed E-state index contributed by atoms with van der Waals surface area (Å²) in [7, 11) is 0. The minimum absolute atomic E-state index is 0.0360. The Morgan fingerprint density at radius 1 is 0.957 bits per heavy atom. The molecule has 2 aliphatic heterocycles. The summed E-state index contributed by atoms with van der Waals surface area (Å²) in [5.74, 6) is 0.0919. The van der Waals surface area contributed by atoms with Crippen LogP contribution < -0.4 is 0 Å². The van der Waals surface area contributed by atoms with Crippen molar-refractivity contribution in [2.45, 2.75) is 25.0 Å². The van der Waals surface area contributed by atoms with Gasteiger partial charge in [-0.1, -0.05) is 65.3 Å². The lowest BCUT2D eigenvalue weighted by atomic mass is 9.88. The van der Waals surface area contributed by atoms with Crippen molar-refractivity contribution in [3.05, 3.63) is 70.7 Å². The van der Waals surface area contributed by atoms with Crippen LogP contribution in [0, 0.1) is 0 Å². The average Bonchev–Trinajstić information content (AvgIpc) is 3.25. The Hall–Kier alpha value is -1.84. The number of benzene rings is 2. The van der Waals surface area contributed by atoms with Crippen molar-refractivity contribution in [2.24, 2.45) is 5.16 Å². The lowest BCUT2D eigenvalue weighted by Crippen LogP contribution is -2.38. The molecule has 4 heteroatoms. The van der Waals surface area contributed by atoms with Gasteiger partial charge in [0.2, 0.25) is 0 Å². The lowest BCUT2D eigenvalue weighted by Gasteiger charge is -2.27. The molecule has 0 N–H and O–H groups in total. The van der Waals surface area contributed by atoms with Crippen molar-refractivity contribution >= 4 is 17.3 Å². The van der Waals surface area contributed by atoms with E-state index in [4.69, 9.17) is 16.4 Å². The maximum Gasteiger partial charge on any atom is 0.193 e. The van der Waals surface area contributed by atoms with Crippen molar-refractivity contribution in [3.63, 3.8) is 0 Å². The molecule has 2 aliphatic rings. The molecule has 0 spiro atoms. The van der Waals surface area contributed by atoms with Crippen LogP contribution in [0.5, 0.6) is 0 Å². The molecule has 0 aromatic heterocycles. The van der Waals surface area contributed by atoms with Gasteiger partial charge in [-0.15, -0.1) is 0 Å². The van der Waals surface area contributed by atoms with E-state index in [0.717, 1.165) is 29.4 Å². The minimum Gasteiger partial charge on any atom is -0.375 e. The number of oxime groups is 1. The summed E-state index contributed by atoms with van der Waals surface area (Å²) in [6, 6.07) is 18.3. The molecule has 2 aromatic rings. The van der Waals surface area contributed by atoms with E-state index >= 15 is 0 Å². The third-order valence-electron chi connectivity index (χ3n) is 4.65. The number of hydrogen-bond donors (Lipinski definition) is 0. The zero-order valence-corrected chi connectivity index (χ0v) is 13.6. The summed E-state index contributed by atoms with van der Waals surface area (Å²) >= 11 is 6.41. The predicted molar refractivity (Wildman–Crippen MR) is 92.9 cm³/mol. The van der Waals surface area contributed by atoms with E-state index in [1.54, 1.807) is 0 Å². The van der Waals surface area contributed by atoms with Crippen LogP contribution in [0.2, 0.25) is 5.02 Å². The molecule has 1 fully saturated rings. The van der Waals surface area contributed by atoms with Gasteiger partial charge >= 0.3 is 0 Å². The van der Waals surface area contributed by atoms with Crippen LogP contribution >= 0.6 is 11.6 Å². The van der Waals surface area contributed by atoms with Crippen molar-refractivity contribution in [1.82, 2.24) is 4.90 Å². The molecule has 0 saturated carbocycles. The van der Waals surface area contributed by atoms with E-state index < -0.39 is 0 Å². The average molecular weight is 327 g/mol. The Morgan fingerprint density at radius 2 is 1.65 bits per heavy atom. The molecule has 0 amide bonds. The predicted octanol–water partition coefficient (Wildman–Crippen LogP) is 4.28. The normalized spacial score (nSPS) is 24.5. The third kappa shape index (κ3) is 2.75. The second kappa shape index (κ2) is 6.34. The fourth-order valence-electron chi connectivity index (χ4n) is 3.51. The standard InChI is InChI=1S/C19H19ClN2O/c20-16-11-5-4-10-15(16)18-17(14-8-2-1-3-9-14)19(23-21-18)22-12-6-7-13-22/h1-5,8-11,17,19H,6-7,12-13H2/t17-,19-/m0/s1. The van der Waals surface area contributed by atoms with E-state index in [2.05, 4.69) is 34.3 Å². The van der Waals surface area contributed by atoms with Gasteiger partial charge in [-0.2, -0.15) is 0 Å². The maximum atomic E-state index is 6.41. The van der Waals surface area contributed by atoms with Crippen molar-refractivity contribution < 1.29 is 4.84 Å². The van der Waals surface area contributed by atoms with E-state index in [9.17, 15) is 0 Å². The smallest absolute Gasteiger partial charge is 0.193 e. The Bertz CT molecular complexity index is 710. The van der Waals surface area contributed by atoms with E-state index in [-0.39, 0.29) is 12.1 Å². The van der Waals surface area contributed by atoms with Gasteiger partial charge in [0.1, 0.15) is 5.71 Å². The van der Waals surface area contributed by atoms with Crippen LogP contribution in [-0.4, -0.2) is 29.9 Å². The fourth-order valence-corrected chi connectivity index (χ4v) is 3.74. The molecular weight excluding hydrogens is 308 g/mol. The van der Waals surface area contributed by atoms with Gasteiger partial charge in [0.15, 0.2) is 6.23 Å². The molecule has 0 unspecified atom stereocenters. The number of likely N-dealkylation sites (tertiary alicyclic amines) is 1. The SMILES string of the molecule is Clc1ccccc1C1=NO[C@H](N2CCCC2)[C@H]1c1ccccc1. The highest BCUT2D eigenvalue weighted by molar-refractivity contribution is 6.34. The van der Waals surface area contributed by atoms with Crippen molar-refractivity contribution in [2.75, 3.05) is 13.1 Å². The monoisotopic (exact) mass is 326 g/mol. The molecule has 118 valence electrons. The number of hydrogen-bond acceptors (Lipinski definition) is 3. The summed E-state index contributed by atoms with van der Waals surface area (Å²) in [6.07, 6.45) is 2.41. The first kappa shape index (κ1) is 14.7. The fraction of sp³-hybridized carbons (Fsp3) is 0.316. The van der Waals surface area contributed by atoms with Gasteiger partial charge in [-0.25, -0.2) is 0 Å². The van der Waals surface area contributed by atoms with E-state index in [1.807, 2.05) is 30.3 Å². The summed E-state index contributed by atoms with van der Waals surface area (Å²) in [5, 5.41) is 5.16. The first-order chi connectivity index (χ1) is 11.3. The van der Waals surface area contributed by atoms with Crippen LogP contribution in [0.25, 0.3) is 0 Å². The first-order valence-corrected chi connectivity index (χ1v) is 8.50. The molecule has 4 rings (SSSR count). The number of rotatable bonds is 3. The molecule has 2 atom stereocenters.